The van der Waals surface area contributed by atoms with Crippen molar-refractivity contribution in [1.82, 2.24) is 0 Å². The summed E-state index contributed by atoms with van der Waals surface area (Å²) in [5.41, 5.74) is 0. The zero-order valence-electron chi connectivity index (χ0n) is 26.9. The van der Waals surface area contributed by atoms with Crippen LogP contribution in [0.3, 0.4) is 0 Å². The highest BCUT2D eigenvalue weighted by Crippen LogP contribution is 2.50. The standard InChI is InChI=1S/C32H27BrO16/c1-14(34)41-21-10-26(44-17(4)37)31(27(11-21)45-18(5)38)49-23-12-28(46-19(6)39)32(29(13-23)47-20(7)40)48-22-8-24(42-15(2)35)30(33)25(9-22)43-16(3)36/h8-13H,1-7H3. The maximum Gasteiger partial charge on any atom is 0.308 e. The lowest BCUT2D eigenvalue weighted by Crippen LogP contribution is -2.09. The average molecular weight is 747 g/mol. The Morgan fingerprint density at radius 3 is 0.857 bits per heavy atom. The highest BCUT2D eigenvalue weighted by molar-refractivity contribution is 9.10. The van der Waals surface area contributed by atoms with Crippen molar-refractivity contribution in [2.45, 2.75) is 48.5 Å². The van der Waals surface area contributed by atoms with Gasteiger partial charge in [0.1, 0.15) is 21.7 Å². The van der Waals surface area contributed by atoms with Gasteiger partial charge < -0.3 is 42.6 Å². The van der Waals surface area contributed by atoms with E-state index in [1.807, 2.05) is 0 Å². The lowest BCUT2D eigenvalue weighted by atomic mass is 10.2. The van der Waals surface area contributed by atoms with Crippen molar-refractivity contribution in [2.24, 2.45) is 0 Å². The molecule has 3 aromatic carbocycles. The molecule has 0 bridgehead atoms. The second-order valence-electron chi connectivity index (χ2n) is 9.59. The molecule has 0 heterocycles. The molecule has 16 nitrogen and oxygen atoms in total. The van der Waals surface area contributed by atoms with Crippen LogP contribution in [0.25, 0.3) is 0 Å². The van der Waals surface area contributed by atoms with Crippen molar-refractivity contribution in [2.75, 3.05) is 0 Å². The quantitative estimate of drug-likeness (QED) is 0.175. The Balaban J connectivity index is 2.28. The molecule has 0 saturated heterocycles. The van der Waals surface area contributed by atoms with Crippen LogP contribution in [0.1, 0.15) is 48.5 Å². The number of carbonyl (C=O) groups is 7. The highest BCUT2D eigenvalue weighted by Gasteiger charge is 2.26. The first-order valence-electron chi connectivity index (χ1n) is 13.8. The van der Waals surface area contributed by atoms with E-state index < -0.39 is 53.3 Å². The predicted molar refractivity (Wildman–Crippen MR) is 166 cm³/mol. The Morgan fingerprint density at radius 2 is 0.592 bits per heavy atom. The molecule has 0 N–H and O–H groups in total. The number of rotatable bonds is 11. The molecule has 258 valence electrons. The maximum absolute atomic E-state index is 12.2. The van der Waals surface area contributed by atoms with Crippen molar-refractivity contribution in [3.8, 4) is 63.2 Å². The molecule has 3 aromatic rings. The van der Waals surface area contributed by atoms with Crippen molar-refractivity contribution < 1.29 is 76.2 Å². The van der Waals surface area contributed by atoms with Crippen LogP contribution in [-0.2, 0) is 33.6 Å². The number of esters is 7. The molecule has 0 amide bonds. The van der Waals surface area contributed by atoms with Crippen LogP contribution < -0.4 is 42.6 Å². The van der Waals surface area contributed by atoms with E-state index in [9.17, 15) is 33.6 Å². The van der Waals surface area contributed by atoms with Crippen LogP contribution in [0.2, 0.25) is 0 Å². The van der Waals surface area contributed by atoms with Crippen molar-refractivity contribution in [3.05, 3.63) is 40.9 Å². The first-order chi connectivity index (χ1) is 22.9. The Hall–Kier alpha value is -5.97. The number of hydrogen-bond donors (Lipinski definition) is 0. The summed E-state index contributed by atoms with van der Waals surface area (Å²) in [5.74, 6) is -8.70. The van der Waals surface area contributed by atoms with Crippen molar-refractivity contribution >= 4 is 57.7 Å². The third-order valence-electron chi connectivity index (χ3n) is 5.19. The van der Waals surface area contributed by atoms with E-state index >= 15 is 0 Å². The summed E-state index contributed by atoms with van der Waals surface area (Å²) in [5, 5.41) is 0. The molecule has 49 heavy (non-hydrogen) atoms. The van der Waals surface area contributed by atoms with E-state index in [0.717, 1.165) is 72.7 Å². The minimum absolute atomic E-state index is 0.0845. The summed E-state index contributed by atoms with van der Waals surface area (Å²) in [6.07, 6.45) is 0. The Bertz CT molecular complexity index is 1750. The molecule has 0 aliphatic heterocycles. The number of hydrogen-bond acceptors (Lipinski definition) is 16. The van der Waals surface area contributed by atoms with E-state index in [2.05, 4.69) is 15.9 Å². The third kappa shape index (κ3) is 11.1. The summed E-state index contributed by atoms with van der Waals surface area (Å²) in [6.45, 7) is 7.63. The number of ether oxygens (including phenoxy) is 9. The topological polar surface area (TPSA) is 203 Å². The normalized spacial score (nSPS) is 10.2. The van der Waals surface area contributed by atoms with Gasteiger partial charge in [-0.2, -0.15) is 0 Å². The van der Waals surface area contributed by atoms with Gasteiger partial charge in [0.15, 0.2) is 34.5 Å². The van der Waals surface area contributed by atoms with E-state index in [-0.39, 0.29) is 56.2 Å². The Morgan fingerprint density at radius 1 is 0.367 bits per heavy atom. The maximum atomic E-state index is 12.2. The van der Waals surface area contributed by atoms with E-state index in [1.165, 1.54) is 12.1 Å². The first-order valence-corrected chi connectivity index (χ1v) is 14.5. The van der Waals surface area contributed by atoms with Crippen LogP contribution >= 0.6 is 15.9 Å². The summed E-state index contributed by atoms with van der Waals surface area (Å²) < 4.78 is 48.5. The lowest BCUT2D eigenvalue weighted by molar-refractivity contribution is -0.133. The fourth-order valence-electron chi connectivity index (χ4n) is 3.81. The van der Waals surface area contributed by atoms with Gasteiger partial charge in [-0.25, -0.2) is 0 Å². The van der Waals surface area contributed by atoms with Crippen molar-refractivity contribution in [3.63, 3.8) is 0 Å². The number of benzene rings is 3. The number of halogens is 1. The molecule has 0 saturated carbocycles. The van der Waals surface area contributed by atoms with Crippen LogP contribution in [-0.4, -0.2) is 41.8 Å². The second kappa shape index (κ2) is 16.2. The summed E-state index contributed by atoms with van der Waals surface area (Å²) in [7, 11) is 0. The Kier molecular flexibility index (Phi) is 12.4. The van der Waals surface area contributed by atoms with Gasteiger partial charge in [0.25, 0.3) is 0 Å². The first kappa shape index (κ1) is 37.5. The molecular formula is C32H27BrO16. The monoisotopic (exact) mass is 746 g/mol. The molecule has 0 atom stereocenters. The SMILES string of the molecule is CC(=O)Oc1cc(OC(C)=O)c(Oc2cc(OC(C)=O)c(Oc3cc(OC(C)=O)c(Br)c(OC(C)=O)c3)c(OC(C)=O)c2)c(OC(C)=O)c1. The molecule has 3 rings (SSSR count). The lowest BCUT2D eigenvalue weighted by Gasteiger charge is -2.19. The second-order valence-corrected chi connectivity index (χ2v) is 10.4. The predicted octanol–water partition coefficient (Wildman–Crippen LogP) is 5.51. The number of carbonyl (C=O) groups excluding carboxylic acids is 7. The van der Waals surface area contributed by atoms with Gasteiger partial charge in [0, 0.05) is 84.9 Å². The van der Waals surface area contributed by atoms with Gasteiger partial charge in [0.05, 0.1) is 0 Å². The molecule has 0 aliphatic carbocycles. The fourth-order valence-corrected chi connectivity index (χ4v) is 4.20. The van der Waals surface area contributed by atoms with Gasteiger partial charge in [0.2, 0.25) is 11.5 Å². The fraction of sp³-hybridized carbons (Fsp3) is 0.219. The molecular weight excluding hydrogens is 720 g/mol. The van der Waals surface area contributed by atoms with E-state index in [4.69, 9.17) is 42.6 Å². The summed E-state index contributed by atoms with van der Waals surface area (Å²) in [4.78, 5) is 83.4. The van der Waals surface area contributed by atoms with Crippen LogP contribution in [0, 0.1) is 0 Å². The van der Waals surface area contributed by atoms with Gasteiger partial charge in [-0.15, -0.1) is 0 Å². The summed E-state index contributed by atoms with van der Waals surface area (Å²) in [6, 6.07) is 6.88. The van der Waals surface area contributed by atoms with Gasteiger partial charge in [-0.3, -0.25) is 33.6 Å². The molecule has 0 unspecified atom stereocenters. The van der Waals surface area contributed by atoms with E-state index in [1.54, 1.807) is 0 Å². The molecule has 0 fully saturated rings. The minimum Gasteiger partial charge on any atom is -0.449 e. The average Bonchev–Trinajstić information content (AvgIpc) is 2.92. The largest absolute Gasteiger partial charge is 0.449 e. The van der Waals surface area contributed by atoms with Crippen LogP contribution in [0.15, 0.2) is 40.9 Å². The molecule has 0 radical (unpaired) electrons. The zero-order valence-corrected chi connectivity index (χ0v) is 28.5. The minimum atomic E-state index is -0.861. The van der Waals surface area contributed by atoms with Crippen LogP contribution in [0.5, 0.6) is 63.2 Å². The van der Waals surface area contributed by atoms with Gasteiger partial charge in [-0.1, -0.05) is 0 Å². The smallest absolute Gasteiger partial charge is 0.308 e. The van der Waals surface area contributed by atoms with Gasteiger partial charge >= 0.3 is 41.8 Å². The van der Waals surface area contributed by atoms with Crippen LogP contribution in [0.4, 0.5) is 0 Å². The highest BCUT2D eigenvalue weighted by atomic mass is 79.9. The molecule has 17 heteroatoms. The molecule has 0 aromatic heterocycles. The zero-order chi connectivity index (χ0) is 36.6. The van der Waals surface area contributed by atoms with Gasteiger partial charge in [-0.05, 0) is 15.9 Å². The third-order valence-corrected chi connectivity index (χ3v) is 5.97. The van der Waals surface area contributed by atoms with Crippen molar-refractivity contribution in [1.29, 1.82) is 0 Å². The molecule has 0 aliphatic rings. The van der Waals surface area contributed by atoms with E-state index in [0.29, 0.717) is 0 Å². The molecule has 0 spiro atoms. The Labute approximate surface area is 286 Å². The summed E-state index contributed by atoms with van der Waals surface area (Å²) >= 11 is 3.20.